The third-order valence-corrected chi connectivity index (χ3v) is 6.40. The van der Waals surface area contributed by atoms with Crippen molar-refractivity contribution in [3.05, 3.63) is 87.2 Å². The van der Waals surface area contributed by atoms with Gasteiger partial charge in [-0.2, -0.15) is 0 Å². The molecule has 2 aromatic carbocycles. The maximum atomic E-state index is 13.3. The Balaban J connectivity index is 1.72. The number of carbonyl (C=O) groups excluding carboxylic acids is 4. The number of amides is 4. The van der Waals surface area contributed by atoms with Crippen LogP contribution in [0, 0.1) is 13.8 Å². The summed E-state index contributed by atoms with van der Waals surface area (Å²) < 4.78 is 6.63. The molecule has 0 bridgehead atoms. The highest BCUT2D eigenvalue weighted by Crippen LogP contribution is 2.28. The molecular formula is C27H24ClN3O5. The van der Waals surface area contributed by atoms with Gasteiger partial charge in [0.2, 0.25) is 0 Å². The molecule has 4 rings (SSSR count). The van der Waals surface area contributed by atoms with Crippen LogP contribution in [0.1, 0.15) is 39.8 Å². The molecule has 1 saturated heterocycles. The van der Waals surface area contributed by atoms with Crippen LogP contribution in [0.4, 0.5) is 10.5 Å². The Kier molecular flexibility index (Phi) is 6.81. The number of rotatable bonds is 5. The molecule has 2 heterocycles. The number of urea groups is 1. The maximum absolute atomic E-state index is 13.3. The van der Waals surface area contributed by atoms with Gasteiger partial charge >= 0.3 is 12.0 Å². The highest BCUT2D eigenvalue weighted by atomic mass is 35.5. The Labute approximate surface area is 213 Å². The van der Waals surface area contributed by atoms with Crippen molar-refractivity contribution in [3.63, 3.8) is 0 Å². The van der Waals surface area contributed by atoms with E-state index in [4.69, 9.17) is 16.3 Å². The number of anilines is 1. The van der Waals surface area contributed by atoms with E-state index in [9.17, 15) is 19.2 Å². The van der Waals surface area contributed by atoms with E-state index in [-0.39, 0.29) is 16.2 Å². The highest BCUT2D eigenvalue weighted by molar-refractivity contribution is 6.39. The quantitative estimate of drug-likeness (QED) is 0.306. The Morgan fingerprint density at radius 3 is 2.31 bits per heavy atom. The molecule has 1 aromatic heterocycles. The molecule has 1 N–H and O–H groups in total. The number of imide groups is 2. The molecule has 0 aliphatic carbocycles. The third kappa shape index (κ3) is 4.43. The van der Waals surface area contributed by atoms with Crippen molar-refractivity contribution in [1.29, 1.82) is 0 Å². The van der Waals surface area contributed by atoms with Gasteiger partial charge < -0.3 is 9.30 Å². The standard InChI is InChI=1S/C27H24ClN3O5/c1-5-17-6-8-19(9-7-17)31-25(33)22(24(32)29-27(31)35)13-18-12-15(2)30(16(18)3)20-10-11-21(23(28)14-20)26(34)36-4/h6-14H,5H2,1-4H3,(H,29,32,35)/b22-13-. The van der Waals surface area contributed by atoms with Crippen LogP contribution in [0.3, 0.4) is 0 Å². The summed E-state index contributed by atoms with van der Waals surface area (Å²) in [5.41, 5.74) is 4.38. The predicted molar refractivity (Wildman–Crippen MR) is 136 cm³/mol. The van der Waals surface area contributed by atoms with Crippen molar-refractivity contribution < 1.29 is 23.9 Å². The van der Waals surface area contributed by atoms with Gasteiger partial charge in [-0.05, 0) is 73.9 Å². The summed E-state index contributed by atoms with van der Waals surface area (Å²) in [7, 11) is 1.28. The van der Waals surface area contributed by atoms with Crippen LogP contribution in [0.25, 0.3) is 11.8 Å². The fraction of sp³-hybridized carbons (Fsp3) is 0.185. The van der Waals surface area contributed by atoms with Gasteiger partial charge in [0.05, 0.1) is 23.4 Å². The van der Waals surface area contributed by atoms with Gasteiger partial charge in [-0.25, -0.2) is 14.5 Å². The van der Waals surface area contributed by atoms with Crippen LogP contribution in [0.5, 0.6) is 0 Å². The molecule has 36 heavy (non-hydrogen) atoms. The second-order valence-electron chi connectivity index (χ2n) is 8.30. The number of halogens is 1. The van der Waals surface area contributed by atoms with Crippen molar-refractivity contribution >= 4 is 47.2 Å². The average Bonchev–Trinajstić information content (AvgIpc) is 3.13. The van der Waals surface area contributed by atoms with E-state index in [1.165, 1.54) is 13.2 Å². The Bertz CT molecular complexity index is 1440. The molecule has 0 saturated carbocycles. The fourth-order valence-electron chi connectivity index (χ4n) is 4.18. The lowest BCUT2D eigenvalue weighted by molar-refractivity contribution is -0.122. The largest absolute Gasteiger partial charge is 0.465 e. The molecule has 0 radical (unpaired) electrons. The summed E-state index contributed by atoms with van der Waals surface area (Å²) in [5.74, 6) is -2.01. The number of benzene rings is 2. The Morgan fingerprint density at radius 2 is 1.69 bits per heavy atom. The number of barbiturate groups is 1. The summed E-state index contributed by atoms with van der Waals surface area (Å²) in [6, 6.07) is 13.0. The van der Waals surface area contributed by atoms with Crippen molar-refractivity contribution in [2.45, 2.75) is 27.2 Å². The lowest BCUT2D eigenvalue weighted by atomic mass is 10.1. The van der Waals surface area contributed by atoms with E-state index in [0.717, 1.165) is 28.3 Å². The lowest BCUT2D eigenvalue weighted by Gasteiger charge is -2.26. The maximum Gasteiger partial charge on any atom is 0.339 e. The van der Waals surface area contributed by atoms with Crippen LogP contribution in [-0.4, -0.2) is 35.5 Å². The number of hydrogen-bond acceptors (Lipinski definition) is 5. The number of esters is 1. The van der Waals surface area contributed by atoms with Crippen molar-refractivity contribution in [2.75, 3.05) is 12.0 Å². The zero-order valence-corrected chi connectivity index (χ0v) is 21.0. The van der Waals surface area contributed by atoms with E-state index < -0.39 is 23.8 Å². The highest BCUT2D eigenvalue weighted by Gasteiger charge is 2.37. The minimum atomic E-state index is -0.794. The summed E-state index contributed by atoms with van der Waals surface area (Å²) in [6.45, 7) is 5.70. The first-order valence-electron chi connectivity index (χ1n) is 11.2. The monoisotopic (exact) mass is 505 g/mol. The first kappa shape index (κ1) is 24.9. The molecular weight excluding hydrogens is 482 g/mol. The van der Waals surface area contributed by atoms with E-state index >= 15 is 0 Å². The molecule has 1 fully saturated rings. The number of nitrogens with zero attached hydrogens (tertiary/aromatic N) is 2. The van der Waals surface area contributed by atoms with Gasteiger partial charge in [0.1, 0.15) is 5.57 Å². The SMILES string of the molecule is CCc1ccc(N2C(=O)NC(=O)/C(=C/c3cc(C)n(-c4ccc(C(=O)OC)c(Cl)c4)c3C)C2=O)cc1. The fourth-order valence-corrected chi connectivity index (χ4v) is 4.43. The molecule has 0 unspecified atom stereocenters. The smallest absolute Gasteiger partial charge is 0.339 e. The normalized spacial score (nSPS) is 14.9. The van der Waals surface area contributed by atoms with Crippen molar-refractivity contribution in [3.8, 4) is 5.69 Å². The number of carbonyl (C=O) groups is 4. The van der Waals surface area contributed by atoms with Crippen molar-refractivity contribution in [2.24, 2.45) is 0 Å². The number of aryl methyl sites for hydroxylation is 2. The van der Waals surface area contributed by atoms with Crippen LogP contribution in [-0.2, 0) is 20.7 Å². The first-order valence-corrected chi connectivity index (χ1v) is 11.6. The minimum Gasteiger partial charge on any atom is -0.465 e. The number of ether oxygens (including phenoxy) is 1. The van der Waals surface area contributed by atoms with Crippen LogP contribution in [0.2, 0.25) is 5.02 Å². The summed E-state index contributed by atoms with van der Waals surface area (Å²) >= 11 is 6.30. The van der Waals surface area contributed by atoms with Gasteiger partial charge in [0.25, 0.3) is 11.8 Å². The molecule has 8 nitrogen and oxygen atoms in total. The Morgan fingerprint density at radius 1 is 1.03 bits per heavy atom. The van der Waals surface area contributed by atoms with E-state index in [1.54, 1.807) is 30.3 Å². The summed E-state index contributed by atoms with van der Waals surface area (Å²) in [6.07, 6.45) is 2.29. The van der Waals surface area contributed by atoms with Gasteiger partial charge in [0.15, 0.2) is 0 Å². The minimum absolute atomic E-state index is 0.159. The second kappa shape index (κ2) is 9.83. The summed E-state index contributed by atoms with van der Waals surface area (Å²) in [4.78, 5) is 51.2. The van der Waals surface area contributed by atoms with Crippen LogP contribution < -0.4 is 10.2 Å². The first-order chi connectivity index (χ1) is 17.2. The van der Waals surface area contributed by atoms with E-state index in [2.05, 4.69) is 5.32 Å². The van der Waals surface area contributed by atoms with Gasteiger partial charge in [-0.1, -0.05) is 30.7 Å². The number of methoxy groups -OCH3 is 1. The Hall–Kier alpha value is -4.17. The van der Waals surface area contributed by atoms with E-state index in [0.29, 0.717) is 16.9 Å². The second-order valence-corrected chi connectivity index (χ2v) is 8.70. The number of aromatic nitrogens is 1. The molecule has 184 valence electrons. The van der Waals surface area contributed by atoms with E-state index in [1.807, 2.05) is 43.5 Å². The molecule has 0 atom stereocenters. The zero-order valence-electron chi connectivity index (χ0n) is 20.2. The molecule has 9 heteroatoms. The number of hydrogen-bond donors (Lipinski definition) is 1. The topological polar surface area (TPSA) is 97.7 Å². The predicted octanol–water partition coefficient (Wildman–Crippen LogP) is 4.76. The lowest BCUT2D eigenvalue weighted by Crippen LogP contribution is -2.54. The van der Waals surface area contributed by atoms with Crippen LogP contribution in [0.15, 0.2) is 54.1 Å². The molecule has 1 aliphatic rings. The summed E-state index contributed by atoms with van der Waals surface area (Å²) in [5, 5.41) is 2.48. The zero-order chi connectivity index (χ0) is 26.1. The van der Waals surface area contributed by atoms with Crippen LogP contribution >= 0.6 is 11.6 Å². The molecule has 1 aliphatic heterocycles. The average molecular weight is 506 g/mol. The molecule has 4 amide bonds. The van der Waals surface area contributed by atoms with Crippen molar-refractivity contribution in [1.82, 2.24) is 9.88 Å². The third-order valence-electron chi connectivity index (χ3n) is 6.09. The molecule has 0 spiro atoms. The number of nitrogens with one attached hydrogen (secondary N) is 1. The van der Waals surface area contributed by atoms with Gasteiger partial charge in [-0.15, -0.1) is 0 Å². The van der Waals surface area contributed by atoms with Gasteiger partial charge in [0, 0.05) is 17.1 Å². The molecule has 3 aromatic rings. The van der Waals surface area contributed by atoms with Gasteiger partial charge in [-0.3, -0.25) is 14.9 Å².